The van der Waals surface area contributed by atoms with Crippen LogP contribution in [-0.4, -0.2) is 19.2 Å². The van der Waals surface area contributed by atoms with Crippen LogP contribution in [0.2, 0.25) is 0 Å². The molecule has 0 saturated heterocycles. The van der Waals surface area contributed by atoms with Crippen LogP contribution >= 0.6 is 0 Å². The molecule has 0 N–H and O–H groups in total. The molecule has 1 aliphatic rings. The Hall–Kier alpha value is -6.52. The molecule has 3 aromatic heterocycles. The smallest absolute Gasteiger partial charge is 0.169 e. The lowest BCUT2D eigenvalue weighted by atomic mass is 9.81. The van der Waals surface area contributed by atoms with Gasteiger partial charge < -0.3 is 4.57 Å². The lowest BCUT2D eigenvalue weighted by Gasteiger charge is -2.22. The normalized spacial score (nSPS) is 13.5. The molecule has 0 aliphatic heterocycles. The van der Waals surface area contributed by atoms with E-state index in [0.29, 0.717) is 0 Å². The summed E-state index contributed by atoms with van der Waals surface area (Å²) in [6.45, 7) is 4.68. The van der Waals surface area contributed by atoms with E-state index in [9.17, 15) is 0 Å². The van der Waals surface area contributed by atoms with E-state index in [1.807, 2.05) is 0 Å². The molecular formula is C47H32N4. The molecule has 0 amide bonds. The predicted octanol–water partition coefficient (Wildman–Crippen LogP) is 11.8. The molecule has 51 heavy (non-hydrogen) atoms. The van der Waals surface area contributed by atoms with Gasteiger partial charge in [-0.2, -0.15) is 0 Å². The molecule has 0 saturated carbocycles. The zero-order valence-electron chi connectivity index (χ0n) is 28.3. The number of pyridine rings is 1. The van der Waals surface area contributed by atoms with Crippen LogP contribution < -0.4 is 0 Å². The number of aromatic nitrogens is 4. The van der Waals surface area contributed by atoms with Gasteiger partial charge in [-0.3, -0.25) is 4.40 Å². The topological polar surface area (TPSA) is 35.1 Å². The van der Waals surface area contributed by atoms with Crippen LogP contribution in [0.4, 0.5) is 0 Å². The van der Waals surface area contributed by atoms with Crippen molar-refractivity contribution >= 4 is 49.1 Å². The number of benzene rings is 7. The van der Waals surface area contributed by atoms with E-state index in [-0.39, 0.29) is 5.41 Å². The first-order valence-electron chi connectivity index (χ1n) is 17.6. The van der Waals surface area contributed by atoms with Gasteiger partial charge in [0.2, 0.25) is 0 Å². The van der Waals surface area contributed by atoms with Crippen LogP contribution in [0.1, 0.15) is 25.0 Å². The van der Waals surface area contributed by atoms with Crippen molar-refractivity contribution in [1.82, 2.24) is 19.2 Å². The van der Waals surface area contributed by atoms with Crippen molar-refractivity contribution in [1.29, 1.82) is 0 Å². The maximum absolute atomic E-state index is 4.82. The van der Waals surface area contributed by atoms with E-state index >= 15 is 0 Å². The minimum atomic E-state index is -0.0495. The minimum absolute atomic E-state index is 0.0495. The van der Waals surface area contributed by atoms with Crippen LogP contribution in [-0.2, 0) is 5.41 Å². The molecule has 0 spiro atoms. The first kappa shape index (κ1) is 28.3. The highest BCUT2D eigenvalue weighted by atomic mass is 15.2. The molecule has 3 heterocycles. The van der Waals surface area contributed by atoms with Crippen LogP contribution in [0.25, 0.3) is 88.5 Å². The highest BCUT2D eigenvalue weighted by molar-refractivity contribution is 6.13. The van der Waals surface area contributed by atoms with Gasteiger partial charge in [-0.25, -0.2) is 0 Å². The molecule has 0 atom stereocenters. The fraction of sp³-hybridized carbons (Fsp3) is 0.0638. The van der Waals surface area contributed by atoms with Crippen molar-refractivity contribution in [2.24, 2.45) is 0 Å². The van der Waals surface area contributed by atoms with E-state index in [1.165, 1.54) is 66.0 Å². The molecule has 4 heteroatoms. The van der Waals surface area contributed by atoms with Crippen molar-refractivity contribution in [3.8, 4) is 39.3 Å². The fourth-order valence-corrected chi connectivity index (χ4v) is 8.76. The second-order valence-electron chi connectivity index (χ2n) is 14.3. The molecule has 10 aromatic rings. The van der Waals surface area contributed by atoms with Crippen molar-refractivity contribution in [2.45, 2.75) is 19.3 Å². The third kappa shape index (κ3) is 3.90. The molecule has 0 unspecified atom stereocenters. The summed E-state index contributed by atoms with van der Waals surface area (Å²) in [4.78, 5) is 0. The van der Waals surface area contributed by atoms with Crippen molar-refractivity contribution in [3.05, 3.63) is 169 Å². The Bertz CT molecular complexity index is 3000. The van der Waals surface area contributed by atoms with Crippen molar-refractivity contribution in [3.63, 3.8) is 0 Å². The summed E-state index contributed by atoms with van der Waals surface area (Å²) in [6.07, 6.45) is 0. The van der Waals surface area contributed by atoms with Crippen molar-refractivity contribution in [2.75, 3.05) is 0 Å². The third-order valence-corrected chi connectivity index (χ3v) is 11.2. The summed E-state index contributed by atoms with van der Waals surface area (Å²) in [6, 6.07) is 57.2. The molecule has 0 bridgehead atoms. The highest BCUT2D eigenvalue weighted by Gasteiger charge is 2.35. The van der Waals surface area contributed by atoms with Gasteiger partial charge in [0.25, 0.3) is 0 Å². The van der Waals surface area contributed by atoms with Crippen LogP contribution in [0.3, 0.4) is 0 Å². The molecular weight excluding hydrogens is 621 g/mol. The van der Waals surface area contributed by atoms with Gasteiger partial charge in [0, 0.05) is 38.2 Å². The standard InChI is InChI=1S/C47H32N4/c1-47(2)40-16-8-5-12-34(40)35-25-21-31(28-41(35)47)30-22-26-44-39(27-30)33-11-3-4-15-38(33)46-49-48-45(51(44)46)29-19-23-32(24-20-29)50-42-17-9-6-13-36(42)37-14-7-10-18-43(37)50/h3-28H,1-2H3. The summed E-state index contributed by atoms with van der Waals surface area (Å²) in [5, 5.41) is 15.6. The lowest BCUT2D eigenvalue weighted by molar-refractivity contribution is 0.660. The molecule has 0 fully saturated rings. The van der Waals surface area contributed by atoms with Gasteiger partial charge in [-0.1, -0.05) is 117 Å². The largest absolute Gasteiger partial charge is 0.309 e. The zero-order chi connectivity index (χ0) is 33.8. The molecule has 240 valence electrons. The zero-order valence-corrected chi connectivity index (χ0v) is 28.3. The van der Waals surface area contributed by atoms with Gasteiger partial charge in [0.05, 0.1) is 16.6 Å². The maximum atomic E-state index is 4.82. The summed E-state index contributed by atoms with van der Waals surface area (Å²) >= 11 is 0. The van der Waals surface area contributed by atoms with E-state index < -0.39 is 0 Å². The third-order valence-electron chi connectivity index (χ3n) is 11.2. The Balaban J connectivity index is 1.07. The molecule has 4 nitrogen and oxygen atoms in total. The van der Waals surface area contributed by atoms with E-state index in [2.05, 4.69) is 181 Å². The molecule has 11 rings (SSSR count). The van der Waals surface area contributed by atoms with Gasteiger partial charge in [0.15, 0.2) is 11.5 Å². The number of hydrogen-bond donors (Lipinski definition) is 0. The maximum Gasteiger partial charge on any atom is 0.169 e. The summed E-state index contributed by atoms with van der Waals surface area (Å²) in [5.41, 5.74) is 14.3. The number of nitrogens with zero attached hydrogens (tertiary/aromatic N) is 4. The Kier molecular flexibility index (Phi) is 5.70. The predicted molar refractivity (Wildman–Crippen MR) is 211 cm³/mol. The minimum Gasteiger partial charge on any atom is -0.309 e. The second-order valence-corrected chi connectivity index (χ2v) is 14.3. The first-order chi connectivity index (χ1) is 25.1. The first-order valence-corrected chi connectivity index (χ1v) is 17.6. The Labute approximate surface area is 294 Å². The Morgan fingerprint density at radius 2 is 1.02 bits per heavy atom. The van der Waals surface area contributed by atoms with Crippen LogP contribution in [0.15, 0.2) is 158 Å². The van der Waals surface area contributed by atoms with Gasteiger partial charge >= 0.3 is 0 Å². The summed E-state index contributed by atoms with van der Waals surface area (Å²) < 4.78 is 4.58. The summed E-state index contributed by atoms with van der Waals surface area (Å²) in [5.74, 6) is 0.833. The summed E-state index contributed by atoms with van der Waals surface area (Å²) in [7, 11) is 0. The quantitative estimate of drug-likeness (QED) is 0.178. The monoisotopic (exact) mass is 652 g/mol. The average molecular weight is 653 g/mol. The SMILES string of the molecule is CC1(C)c2ccccc2-c2ccc(-c3ccc4c(c3)c3ccccc3c3nnc(-c5ccc(-n6c7ccccc7c7ccccc76)cc5)n43)cc21. The lowest BCUT2D eigenvalue weighted by Crippen LogP contribution is -2.14. The Morgan fingerprint density at radius 3 is 1.78 bits per heavy atom. The van der Waals surface area contributed by atoms with E-state index in [1.54, 1.807) is 0 Å². The fourth-order valence-electron chi connectivity index (χ4n) is 8.76. The molecule has 7 aromatic carbocycles. The number of rotatable bonds is 3. The Morgan fingerprint density at radius 1 is 0.431 bits per heavy atom. The highest BCUT2D eigenvalue weighted by Crippen LogP contribution is 2.49. The van der Waals surface area contributed by atoms with Crippen LogP contribution in [0.5, 0.6) is 0 Å². The van der Waals surface area contributed by atoms with Gasteiger partial charge in [-0.15, -0.1) is 10.2 Å². The van der Waals surface area contributed by atoms with E-state index in [0.717, 1.165) is 33.6 Å². The van der Waals surface area contributed by atoms with Crippen molar-refractivity contribution < 1.29 is 0 Å². The average Bonchev–Trinajstić information content (AvgIpc) is 3.84. The molecule has 1 aliphatic carbocycles. The van der Waals surface area contributed by atoms with Gasteiger partial charge in [0.1, 0.15) is 0 Å². The second kappa shape index (κ2) is 10.3. The number of hydrogen-bond acceptors (Lipinski definition) is 2. The number of fused-ring (bicyclic) bond motifs is 12. The van der Waals surface area contributed by atoms with Crippen LogP contribution in [0, 0.1) is 0 Å². The number of para-hydroxylation sites is 2. The molecule has 0 radical (unpaired) electrons. The van der Waals surface area contributed by atoms with Gasteiger partial charge in [-0.05, 0) is 93.4 Å². The van der Waals surface area contributed by atoms with E-state index in [4.69, 9.17) is 10.2 Å².